The van der Waals surface area contributed by atoms with Gasteiger partial charge in [-0.3, -0.25) is 0 Å². The van der Waals surface area contributed by atoms with Crippen LogP contribution in [0.5, 0.6) is 0 Å². The molecule has 1 heterocycles. The minimum Gasteiger partial charge on any atom is -0.444 e. The third kappa shape index (κ3) is 8.17. The van der Waals surface area contributed by atoms with Crippen molar-refractivity contribution in [3.05, 3.63) is 119 Å². The Labute approximate surface area is 261 Å². The number of nitrogens with one attached hydrogen (secondary N) is 2. The summed E-state index contributed by atoms with van der Waals surface area (Å²) >= 11 is 0. The molecule has 0 aliphatic carbocycles. The Morgan fingerprint density at radius 1 is 0.864 bits per heavy atom. The molecule has 2 N–H and O–H groups in total. The lowest BCUT2D eigenvalue weighted by molar-refractivity contribution is 0.0282. The molecule has 1 fully saturated rings. The van der Waals surface area contributed by atoms with Crippen molar-refractivity contribution in [3.8, 4) is 0 Å². The average molecular weight is 593 g/mol. The van der Waals surface area contributed by atoms with Gasteiger partial charge in [0.05, 0.1) is 12.1 Å². The van der Waals surface area contributed by atoms with Crippen LogP contribution in [0.1, 0.15) is 62.4 Å². The molecular formula is C37H44N4O3. The molecule has 0 radical (unpaired) electrons. The number of likely N-dealkylation sites (tertiary alicyclic amines) is 1. The fourth-order valence-electron chi connectivity index (χ4n) is 5.74. The first-order chi connectivity index (χ1) is 21.2. The summed E-state index contributed by atoms with van der Waals surface area (Å²) in [5.41, 5.74) is 3.98. The molecule has 0 bridgehead atoms. The summed E-state index contributed by atoms with van der Waals surface area (Å²) < 4.78 is 5.63. The van der Waals surface area contributed by atoms with E-state index in [4.69, 9.17) is 4.74 Å². The van der Waals surface area contributed by atoms with E-state index >= 15 is 0 Å². The monoisotopic (exact) mass is 592 g/mol. The number of ether oxygens (including phenoxy) is 1. The fourth-order valence-corrected chi connectivity index (χ4v) is 5.74. The average Bonchev–Trinajstić information content (AvgIpc) is 3.50. The molecule has 7 heteroatoms. The van der Waals surface area contributed by atoms with Crippen LogP contribution in [-0.4, -0.2) is 46.7 Å². The second-order valence-corrected chi connectivity index (χ2v) is 12.6. The van der Waals surface area contributed by atoms with Crippen LogP contribution in [0.2, 0.25) is 0 Å². The molecule has 4 aromatic carbocycles. The molecule has 44 heavy (non-hydrogen) atoms. The molecule has 1 saturated heterocycles. The molecular weight excluding hydrogens is 548 g/mol. The Balaban J connectivity index is 1.29. The van der Waals surface area contributed by atoms with E-state index in [1.165, 1.54) is 11.1 Å². The van der Waals surface area contributed by atoms with E-state index in [9.17, 15) is 9.59 Å². The minimum absolute atomic E-state index is 0.130. The van der Waals surface area contributed by atoms with Gasteiger partial charge in [0.1, 0.15) is 5.60 Å². The number of hydrogen-bond donors (Lipinski definition) is 2. The third-order valence-electron chi connectivity index (χ3n) is 8.02. The SMILES string of the molecule is C[C@H](NC(=O)N(Cc1ccc(CNCc2ccccc2)cc1)[C@H]1CCN(C(=O)OC(C)(C)C)C1)c1cccc2ccccc12. The van der Waals surface area contributed by atoms with Gasteiger partial charge in [-0.25, -0.2) is 9.59 Å². The molecule has 0 spiro atoms. The molecule has 0 unspecified atom stereocenters. The van der Waals surface area contributed by atoms with E-state index in [0.29, 0.717) is 26.1 Å². The molecule has 0 saturated carbocycles. The summed E-state index contributed by atoms with van der Waals surface area (Å²) in [6.45, 7) is 10.6. The summed E-state index contributed by atoms with van der Waals surface area (Å²) in [4.78, 5) is 30.4. The number of amides is 3. The second kappa shape index (κ2) is 14.0. The number of fused-ring (bicyclic) bond motifs is 1. The maximum Gasteiger partial charge on any atom is 0.410 e. The van der Waals surface area contributed by atoms with Crippen LogP contribution in [-0.2, 0) is 24.4 Å². The Kier molecular flexibility index (Phi) is 9.85. The number of hydrogen-bond acceptors (Lipinski definition) is 4. The summed E-state index contributed by atoms with van der Waals surface area (Å²) in [6.07, 6.45) is 0.355. The summed E-state index contributed by atoms with van der Waals surface area (Å²) in [6, 6.07) is 32.7. The third-order valence-corrected chi connectivity index (χ3v) is 8.02. The van der Waals surface area contributed by atoms with Crippen LogP contribution >= 0.6 is 0 Å². The smallest absolute Gasteiger partial charge is 0.410 e. The lowest BCUT2D eigenvalue weighted by atomic mass is 10.00. The highest BCUT2D eigenvalue weighted by molar-refractivity contribution is 5.86. The fraction of sp³-hybridized carbons (Fsp3) is 0.351. The van der Waals surface area contributed by atoms with Crippen molar-refractivity contribution in [1.82, 2.24) is 20.4 Å². The highest BCUT2D eigenvalue weighted by Crippen LogP contribution is 2.26. The molecule has 5 rings (SSSR count). The number of rotatable bonds is 9. The summed E-state index contributed by atoms with van der Waals surface area (Å²) in [5, 5.41) is 9.03. The lowest BCUT2D eigenvalue weighted by Gasteiger charge is -2.31. The first kappa shape index (κ1) is 31.1. The molecule has 1 aliphatic rings. The summed E-state index contributed by atoms with van der Waals surface area (Å²) in [7, 11) is 0. The number of carbonyl (C=O) groups is 2. The largest absolute Gasteiger partial charge is 0.444 e. The van der Waals surface area contributed by atoms with Gasteiger partial charge in [0.2, 0.25) is 0 Å². The van der Waals surface area contributed by atoms with E-state index < -0.39 is 5.60 Å². The van der Waals surface area contributed by atoms with Crippen LogP contribution in [0.15, 0.2) is 97.1 Å². The van der Waals surface area contributed by atoms with Gasteiger partial charge >= 0.3 is 12.1 Å². The zero-order valence-electron chi connectivity index (χ0n) is 26.3. The second-order valence-electron chi connectivity index (χ2n) is 12.6. The predicted molar refractivity (Wildman–Crippen MR) is 176 cm³/mol. The number of carbonyl (C=O) groups excluding carboxylic acids is 2. The highest BCUT2D eigenvalue weighted by Gasteiger charge is 2.35. The van der Waals surface area contributed by atoms with Crippen molar-refractivity contribution in [2.75, 3.05) is 13.1 Å². The van der Waals surface area contributed by atoms with Gasteiger partial charge in [0.25, 0.3) is 0 Å². The van der Waals surface area contributed by atoms with E-state index in [0.717, 1.165) is 35.0 Å². The normalized spacial score (nSPS) is 15.6. The zero-order valence-corrected chi connectivity index (χ0v) is 26.3. The molecule has 1 aliphatic heterocycles. The van der Waals surface area contributed by atoms with Gasteiger partial charge in [-0.2, -0.15) is 0 Å². The molecule has 0 aromatic heterocycles. The van der Waals surface area contributed by atoms with E-state index in [1.54, 1.807) is 4.90 Å². The first-order valence-electron chi connectivity index (χ1n) is 15.5. The van der Waals surface area contributed by atoms with Crippen LogP contribution in [0.3, 0.4) is 0 Å². The standard InChI is InChI=1S/C37H44N4O3/c1-27(33-16-10-14-31-13-8-9-15-34(31)33)39-35(42)41(32-21-22-40(26-32)36(43)44-37(2,3)4)25-30-19-17-29(18-20-30)24-38-23-28-11-6-5-7-12-28/h5-20,27,32,38H,21-26H2,1-4H3,(H,39,42)/t27-,32-/m0/s1. The van der Waals surface area contributed by atoms with Crippen LogP contribution in [0.25, 0.3) is 10.8 Å². The van der Waals surface area contributed by atoms with Gasteiger partial charge in [-0.15, -0.1) is 0 Å². The number of urea groups is 1. The van der Waals surface area contributed by atoms with Gasteiger partial charge in [-0.05, 0) is 67.1 Å². The molecule has 4 aromatic rings. The molecule has 7 nitrogen and oxygen atoms in total. The minimum atomic E-state index is -0.572. The van der Waals surface area contributed by atoms with Gasteiger partial charge in [-0.1, -0.05) is 97.1 Å². The van der Waals surface area contributed by atoms with E-state index in [1.807, 2.05) is 69.0 Å². The molecule has 3 amide bonds. The number of nitrogens with zero attached hydrogens (tertiary/aromatic N) is 2. The van der Waals surface area contributed by atoms with E-state index in [2.05, 4.69) is 71.3 Å². The van der Waals surface area contributed by atoms with Crippen molar-refractivity contribution in [3.63, 3.8) is 0 Å². The molecule has 230 valence electrons. The summed E-state index contributed by atoms with van der Waals surface area (Å²) in [5.74, 6) is 0. The van der Waals surface area contributed by atoms with Crippen molar-refractivity contribution < 1.29 is 14.3 Å². The highest BCUT2D eigenvalue weighted by atomic mass is 16.6. The Hall–Kier alpha value is -4.36. The van der Waals surface area contributed by atoms with Gasteiger partial charge < -0.3 is 25.2 Å². The quantitative estimate of drug-likeness (QED) is 0.212. The van der Waals surface area contributed by atoms with Crippen molar-refractivity contribution >= 4 is 22.9 Å². The topological polar surface area (TPSA) is 73.9 Å². The Morgan fingerprint density at radius 3 is 2.23 bits per heavy atom. The van der Waals surface area contributed by atoms with Crippen molar-refractivity contribution in [2.45, 2.75) is 71.4 Å². The van der Waals surface area contributed by atoms with Crippen molar-refractivity contribution in [2.24, 2.45) is 0 Å². The lowest BCUT2D eigenvalue weighted by Crippen LogP contribution is -2.48. The van der Waals surface area contributed by atoms with Crippen LogP contribution < -0.4 is 10.6 Å². The van der Waals surface area contributed by atoms with Gasteiger partial charge in [0, 0.05) is 32.7 Å². The van der Waals surface area contributed by atoms with Crippen molar-refractivity contribution in [1.29, 1.82) is 0 Å². The Morgan fingerprint density at radius 2 is 1.50 bits per heavy atom. The number of benzene rings is 4. The van der Waals surface area contributed by atoms with Gasteiger partial charge in [0.15, 0.2) is 0 Å². The maximum atomic E-state index is 14.0. The maximum absolute atomic E-state index is 14.0. The van der Waals surface area contributed by atoms with Crippen LogP contribution in [0.4, 0.5) is 9.59 Å². The zero-order chi connectivity index (χ0) is 31.1. The predicted octanol–water partition coefficient (Wildman–Crippen LogP) is 7.41. The first-order valence-corrected chi connectivity index (χ1v) is 15.5. The van der Waals surface area contributed by atoms with Crippen LogP contribution in [0, 0.1) is 0 Å². The van der Waals surface area contributed by atoms with E-state index in [-0.39, 0.29) is 24.2 Å². The Bertz CT molecular complexity index is 1540. The molecule has 2 atom stereocenters.